The Balaban J connectivity index is 2.82. The van der Waals surface area contributed by atoms with Crippen LogP contribution in [0, 0.1) is 6.92 Å². The number of rotatable bonds is 5. The molecule has 0 aromatic carbocycles. The summed E-state index contributed by atoms with van der Waals surface area (Å²) >= 11 is 0. The Morgan fingerprint density at radius 1 is 1.56 bits per heavy atom. The molecule has 0 amide bonds. The molecule has 5 nitrogen and oxygen atoms in total. The van der Waals surface area contributed by atoms with E-state index in [1.54, 1.807) is 6.92 Å². The highest BCUT2D eigenvalue weighted by Crippen LogP contribution is 2.03. The Kier molecular flexibility index (Phi) is 4.49. The molecule has 0 spiro atoms. The fourth-order valence-electron chi connectivity index (χ4n) is 1.42. The van der Waals surface area contributed by atoms with Crippen LogP contribution in [0.25, 0.3) is 0 Å². The molecule has 0 saturated heterocycles. The predicted octanol–water partition coefficient (Wildman–Crippen LogP) is 0.558. The minimum absolute atomic E-state index is 0.0742. The van der Waals surface area contributed by atoms with Gasteiger partial charge in [-0.2, -0.15) is 0 Å². The molecule has 0 atom stereocenters. The number of nitrogens with one attached hydrogen (secondary N) is 1. The van der Waals surface area contributed by atoms with Crippen LogP contribution in [0.1, 0.15) is 19.5 Å². The van der Waals surface area contributed by atoms with E-state index in [4.69, 9.17) is 4.74 Å². The van der Waals surface area contributed by atoms with Crippen LogP contribution in [0.5, 0.6) is 6.01 Å². The van der Waals surface area contributed by atoms with Gasteiger partial charge in [0.25, 0.3) is 11.6 Å². The lowest BCUT2D eigenvalue weighted by Gasteiger charge is -2.12. The average molecular weight is 225 g/mol. The molecule has 0 aliphatic heterocycles. The summed E-state index contributed by atoms with van der Waals surface area (Å²) in [6, 6.07) is 2.29. The highest BCUT2D eigenvalue weighted by Gasteiger charge is 2.06. The summed E-state index contributed by atoms with van der Waals surface area (Å²) in [5.74, 6) is 0. The molecule has 0 fully saturated rings. The van der Waals surface area contributed by atoms with Crippen molar-refractivity contribution < 1.29 is 4.74 Å². The van der Waals surface area contributed by atoms with Crippen molar-refractivity contribution in [3.8, 4) is 6.01 Å². The van der Waals surface area contributed by atoms with E-state index < -0.39 is 0 Å². The maximum absolute atomic E-state index is 11.7. The summed E-state index contributed by atoms with van der Waals surface area (Å²) in [5.41, 5.74) is 0.602. The van der Waals surface area contributed by atoms with Crippen LogP contribution in [0.15, 0.2) is 10.9 Å². The van der Waals surface area contributed by atoms with Gasteiger partial charge in [-0.3, -0.25) is 9.36 Å². The molecule has 0 saturated carbocycles. The highest BCUT2D eigenvalue weighted by molar-refractivity contribution is 5.06. The van der Waals surface area contributed by atoms with E-state index in [1.165, 1.54) is 17.7 Å². The van der Waals surface area contributed by atoms with Crippen molar-refractivity contribution in [3.05, 3.63) is 22.1 Å². The Bertz CT molecular complexity index is 399. The first kappa shape index (κ1) is 12.7. The predicted molar refractivity (Wildman–Crippen MR) is 62.9 cm³/mol. The fourth-order valence-corrected chi connectivity index (χ4v) is 1.42. The molecule has 0 unspecified atom stereocenters. The first-order chi connectivity index (χ1) is 7.54. The second-order valence-corrected chi connectivity index (χ2v) is 3.98. The maximum Gasteiger partial charge on any atom is 0.299 e. The zero-order valence-corrected chi connectivity index (χ0v) is 10.3. The highest BCUT2D eigenvalue weighted by atomic mass is 16.5. The van der Waals surface area contributed by atoms with Gasteiger partial charge in [0.2, 0.25) is 0 Å². The molecule has 0 radical (unpaired) electrons. The molecule has 16 heavy (non-hydrogen) atoms. The molecule has 1 heterocycles. The number of hydrogen-bond acceptors (Lipinski definition) is 4. The maximum atomic E-state index is 11.7. The molecule has 0 aliphatic carbocycles. The van der Waals surface area contributed by atoms with Crippen molar-refractivity contribution in [2.75, 3.05) is 13.7 Å². The fraction of sp³-hybridized carbons (Fsp3) is 0.636. The number of aryl methyl sites for hydroxylation is 1. The standard InChI is InChI=1S/C11H19N3O2/c1-8(2)12-5-6-14-10(15)7-9(3)13-11(14)16-4/h7-8,12H,5-6H2,1-4H3. The van der Waals surface area contributed by atoms with Gasteiger partial charge in [0.15, 0.2) is 0 Å². The van der Waals surface area contributed by atoms with Crippen molar-refractivity contribution in [1.29, 1.82) is 0 Å². The van der Waals surface area contributed by atoms with Gasteiger partial charge in [-0.1, -0.05) is 13.8 Å². The van der Waals surface area contributed by atoms with E-state index in [0.717, 1.165) is 6.54 Å². The van der Waals surface area contributed by atoms with E-state index >= 15 is 0 Å². The minimum Gasteiger partial charge on any atom is -0.468 e. The monoisotopic (exact) mass is 225 g/mol. The van der Waals surface area contributed by atoms with Crippen LogP contribution in [-0.2, 0) is 6.54 Å². The number of aromatic nitrogens is 2. The average Bonchev–Trinajstić information content (AvgIpc) is 2.20. The lowest BCUT2D eigenvalue weighted by atomic mass is 10.4. The van der Waals surface area contributed by atoms with Gasteiger partial charge < -0.3 is 10.1 Å². The van der Waals surface area contributed by atoms with Crippen molar-refractivity contribution in [3.63, 3.8) is 0 Å². The molecule has 1 aromatic heterocycles. The van der Waals surface area contributed by atoms with Gasteiger partial charge in [-0.25, -0.2) is 4.98 Å². The largest absolute Gasteiger partial charge is 0.468 e. The second kappa shape index (κ2) is 5.65. The summed E-state index contributed by atoms with van der Waals surface area (Å²) in [7, 11) is 1.52. The first-order valence-corrected chi connectivity index (χ1v) is 5.40. The van der Waals surface area contributed by atoms with Crippen molar-refractivity contribution in [1.82, 2.24) is 14.9 Å². The smallest absolute Gasteiger partial charge is 0.299 e. The van der Waals surface area contributed by atoms with Crippen molar-refractivity contribution in [2.45, 2.75) is 33.4 Å². The molecular formula is C11H19N3O2. The van der Waals surface area contributed by atoms with Gasteiger partial charge in [0.05, 0.1) is 7.11 Å². The topological polar surface area (TPSA) is 56.1 Å². The van der Waals surface area contributed by atoms with Gasteiger partial charge in [-0.05, 0) is 6.92 Å². The quantitative estimate of drug-likeness (QED) is 0.795. The normalized spacial score (nSPS) is 10.8. The van der Waals surface area contributed by atoms with E-state index in [0.29, 0.717) is 24.3 Å². The zero-order chi connectivity index (χ0) is 12.1. The third kappa shape index (κ3) is 3.34. The molecule has 0 bridgehead atoms. The summed E-state index contributed by atoms with van der Waals surface area (Å²) in [5, 5.41) is 3.24. The van der Waals surface area contributed by atoms with Crippen LogP contribution < -0.4 is 15.6 Å². The molecular weight excluding hydrogens is 206 g/mol. The molecule has 1 rings (SSSR count). The van der Waals surface area contributed by atoms with Gasteiger partial charge in [0.1, 0.15) is 0 Å². The van der Waals surface area contributed by atoms with E-state index in [9.17, 15) is 4.79 Å². The van der Waals surface area contributed by atoms with E-state index in [2.05, 4.69) is 24.1 Å². The molecule has 0 aliphatic rings. The molecule has 1 N–H and O–H groups in total. The van der Waals surface area contributed by atoms with Gasteiger partial charge in [-0.15, -0.1) is 0 Å². The van der Waals surface area contributed by atoms with Crippen LogP contribution in [0.3, 0.4) is 0 Å². The number of nitrogens with zero attached hydrogens (tertiary/aromatic N) is 2. The lowest BCUT2D eigenvalue weighted by Crippen LogP contribution is -2.31. The van der Waals surface area contributed by atoms with Gasteiger partial charge in [0, 0.05) is 30.9 Å². The number of ether oxygens (including phenoxy) is 1. The third-order valence-corrected chi connectivity index (χ3v) is 2.17. The minimum atomic E-state index is -0.0742. The van der Waals surface area contributed by atoms with Crippen LogP contribution in [-0.4, -0.2) is 29.2 Å². The van der Waals surface area contributed by atoms with Crippen LogP contribution in [0.2, 0.25) is 0 Å². The Hall–Kier alpha value is -1.36. The first-order valence-electron chi connectivity index (χ1n) is 5.40. The summed E-state index contributed by atoms with van der Waals surface area (Å²) in [4.78, 5) is 15.9. The molecule has 1 aromatic rings. The Morgan fingerprint density at radius 2 is 2.25 bits per heavy atom. The summed E-state index contributed by atoms with van der Waals surface area (Å²) in [6.45, 7) is 7.19. The Morgan fingerprint density at radius 3 is 2.81 bits per heavy atom. The number of hydrogen-bond donors (Lipinski definition) is 1. The second-order valence-electron chi connectivity index (χ2n) is 3.98. The summed E-state index contributed by atoms with van der Waals surface area (Å²) < 4.78 is 6.62. The van der Waals surface area contributed by atoms with Crippen LogP contribution in [0.4, 0.5) is 0 Å². The summed E-state index contributed by atoms with van der Waals surface area (Å²) in [6.07, 6.45) is 0. The van der Waals surface area contributed by atoms with E-state index in [1.807, 2.05) is 0 Å². The molecule has 5 heteroatoms. The number of methoxy groups -OCH3 is 1. The van der Waals surface area contributed by atoms with Crippen molar-refractivity contribution >= 4 is 0 Å². The third-order valence-electron chi connectivity index (χ3n) is 2.17. The van der Waals surface area contributed by atoms with Gasteiger partial charge >= 0.3 is 0 Å². The SMILES string of the molecule is COc1nc(C)cc(=O)n1CCNC(C)C. The van der Waals surface area contributed by atoms with Crippen LogP contribution >= 0.6 is 0 Å². The van der Waals surface area contributed by atoms with Crippen molar-refractivity contribution in [2.24, 2.45) is 0 Å². The lowest BCUT2D eigenvalue weighted by molar-refractivity contribution is 0.341. The van der Waals surface area contributed by atoms with E-state index in [-0.39, 0.29) is 5.56 Å². The Labute approximate surface area is 95.5 Å². The zero-order valence-electron chi connectivity index (χ0n) is 10.3. The molecule has 90 valence electrons.